The maximum atomic E-state index is 13.2. The molecule has 0 atom stereocenters. The molecule has 0 bridgehead atoms. The molecule has 112 valence electrons. The van der Waals surface area contributed by atoms with Crippen molar-refractivity contribution in [2.45, 2.75) is 12.8 Å². The maximum Gasteiger partial charge on any atom is 0.270 e. The van der Waals surface area contributed by atoms with Crippen LogP contribution in [0.1, 0.15) is 12.5 Å². The van der Waals surface area contributed by atoms with Crippen molar-refractivity contribution in [1.82, 2.24) is 14.8 Å². The van der Waals surface area contributed by atoms with E-state index in [0.29, 0.717) is 17.2 Å². The van der Waals surface area contributed by atoms with Crippen LogP contribution in [0, 0.1) is 0 Å². The Labute approximate surface area is 126 Å². The van der Waals surface area contributed by atoms with E-state index in [9.17, 15) is 8.78 Å². The van der Waals surface area contributed by atoms with Crippen LogP contribution in [0.5, 0.6) is 0 Å². The minimum absolute atomic E-state index is 0.0323. The van der Waals surface area contributed by atoms with Crippen molar-refractivity contribution in [2.75, 3.05) is 5.73 Å². The van der Waals surface area contributed by atoms with E-state index in [4.69, 9.17) is 5.73 Å². The molecule has 4 nitrogen and oxygen atoms in total. The second-order valence-electron chi connectivity index (χ2n) is 5.07. The van der Waals surface area contributed by atoms with Crippen LogP contribution in [0.15, 0.2) is 54.9 Å². The van der Waals surface area contributed by atoms with Gasteiger partial charge in [-0.15, -0.1) is 5.10 Å². The summed E-state index contributed by atoms with van der Waals surface area (Å²) in [5.74, 6) is -2.30. The average Bonchev–Trinajstić information content (AvgIpc) is 2.97. The molecule has 0 fully saturated rings. The average molecular weight is 300 g/mol. The maximum absolute atomic E-state index is 13.2. The van der Waals surface area contributed by atoms with Crippen LogP contribution in [0.2, 0.25) is 0 Å². The molecule has 0 saturated carbocycles. The van der Waals surface area contributed by atoms with Crippen LogP contribution in [0.3, 0.4) is 0 Å². The summed E-state index contributed by atoms with van der Waals surface area (Å²) in [6.45, 7) is 0.872. The quantitative estimate of drug-likeness (QED) is 0.751. The summed E-state index contributed by atoms with van der Waals surface area (Å²) in [7, 11) is 0. The Morgan fingerprint density at radius 2 is 1.64 bits per heavy atom. The number of hydrogen-bond donors (Lipinski definition) is 1. The molecule has 22 heavy (non-hydrogen) atoms. The number of hydrogen-bond acceptors (Lipinski definition) is 3. The standard InChI is InChI=1S/C16H14F2N4/c1-16(17,18)12-4-8-14(9-5-12)22-10-20-15(21-22)11-2-6-13(19)7-3-11/h2-10H,19H2,1H3. The molecule has 0 spiro atoms. The molecule has 0 amide bonds. The first-order chi connectivity index (χ1) is 10.4. The van der Waals surface area contributed by atoms with Crippen LogP contribution in [-0.2, 0) is 5.92 Å². The van der Waals surface area contributed by atoms with E-state index in [2.05, 4.69) is 10.1 Å². The zero-order valence-corrected chi connectivity index (χ0v) is 11.9. The van der Waals surface area contributed by atoms with Crippen molar-refractivity contribution in [2.24, 2.45) is 0 Å². The lowest BCUT2D eigenvalue weighted by molar-refractivity contribution is 0.0175. The lowest BCUT2D eigenvalue weighted by atomic mass is 10.1. The predicted octanol–water partition coefficient (Wildman–Crippen LogP) is 3.63. The number of rotatable bonds is 3. The molecule has 3 rings (SSSR count). The molecule has 1 aromatic heterocycles. The van der Waals surface area contributed by atoms with Gasteiger partial charge in [0.15, 0.2) is 5.82 Å². The third-order valence-corrected chi connectivity index (χ3v) is 3.30. The van der Waals surface area contributed by atoms with E-state index in [1.54, 1.807) is 35.3 Å². The molecular formula is C16H14F2N4. The molecule has 0 aliphatic carbocycles. The number of nitrogen functional groups attached to an aromatic ring is 1. The van der Waals surface area contributed by atoms with Crippen molar-refractivity contribution in [3.8, 4) is 17.1 Å². The largest absolute Gasteiger partial charge is 0.399 e. The lowest BCUT2D eigenvalue weighted by Crippen LogP contribution is -2.07. The normalized spacial score (nSPS) is 11.6. The molecule has 0 aliphatic heterocycles. The lowest BCUT2D eigenvalue weighted by Gasteiger charge is -2.10. The Bertz CT molecular complexity index is 771. The number of benzene rings is 2. The molecule has 0 aliphatic rings. The fourth-order valence-corrected chi connectivity index (χ4v) is 2.06. The fraction of sp³-hybridized carbons (Fsp3) is 0.125. The summed E-state index contributed by atoms with van der Waals surface area (Å²) in [5.41, 5.74) is 7.78. The highest BCUT2D eigenvalue weighted by Crippen LogP contribution is 2.27. The van der Waals surface area contributed by atoms with Crippen molar-refractivity contribution < 1.29 is 8.78 Å². The zero-order chi connectivity index (χ0) is 15.7. The predicted molar refractivity (Wildman–Crippen MR) is 80.8 cm³/mol. The van der Waals surface area contributed by atoms with Crippen LogP contribution in [0.25, 0.3) is 17.1 Å². The van der Waals surface area contributed by atoms with Gasteiger partial charge in [0.2, 0.25) is 0 Å². The molecule has 6 heteroatoms. The zero-order valence-electron chi connectivity index (χ0n) is 11.9. The van der Waals surface area contributed by atoms with Crippen molar-refractivity contribution >= 4 is 5.69 Å². The molecule has 2 aromatic carbocycles. The van der Waals surface area contributed by atoms with Crippen LogP contribution in [0.4, 0.5) is 14.5 Å². The van der Waals surface area contributed by atoms with Gasteiger partial charge in [-0.2, -0.15) is 0 Å². The van der Waals surface area contributed by atoms with Gasteiger partial charge in [-0.1, -0.05) is 12.1 Å². The smallest absolute Gasteiger partial charge is 0.270 e. The number of alkyl halides is 2. The summed E-state index contributed by atoms with van der Waals surface area (Å²) in [4.78, 5) is 4.23. The number of nitrogens with two attached hydrogens (primary N) is 1. The number of nitrogens with zero attached hydrogens (tertiary/aromatic N) is 3. The highest BCUT2D eigenvalue weighted by atomic mass is 19.3. The third-order valence-electron chi connectivity index (χ3n) is 3.30. The van der Waals surface area contributed by atoms with E-state index in [0.717, 1.165) is 12.5 Å². The molecule has 2 N–H and O–H groups in total. The number of halogens is 2. The highest BCUT2D eigenvalue weighted by molar-refractivity contribution is 5.58. The van der Waals surface area contributed by atoms with E-state index in [-0.39, 0.29) is 5.56 Å². The summed E-state index contributed by atoms with van der Waals surface area (Å²) < 4.78 is 27.9. The highest BCUT2D eigenvalue weighted by Gasteiger charge is 2.23. The summed E-state index contributed by atoms with van der Waals surface area (Å²) in [6.07, 6.45) is 1.55. The molecule has 1 heterocycles. The SMILES string of the molecule is CC(F)(F)c1ccc(-n2cnc(-c3ccc(N)cc3)n2)cc1. The van der Waals surface area contributed by atoms with E-state index in [1.807, 2.05) is 12.1 Å². The second kappa shape index (κ2) is 5.22. The van der Waals surface area contributed by atoms with E-state index >= 15 is 0 Å². The van der Waals surface area contributed by atoms with Crippen LogP contribution >= 0.6 is 0 Å². The molecule has 0 radical (unpaired) electrons. The molecule has 3 aromatic rings. The number of aromatic nitrogens is 3. The Morgan fingerprint density at radius 1 is 1.00 bits per heavy atom. The van der Waals surface area contributed by atoms with Crippen molar-refractivity contribution in [1.29, 1.82) is 0 Å². The monoisotopic (exact) mass is 300 g/mol. The summed E-state index contributed by atoms with van der Waals surface area (Å²) >= 11 is 0. The van der Waals surface area contributed by atoms with Crippen molar-refractivity contribution in [3.63, 3.8) is 0 Å². The summed E-state index contributed by atoms with van der Waals surface area (Å²) in [6, 6.07) is 13.2. The van der Waals surface area contributed by atoms with Crippen LogP contribution < -0.4 is 5.73 Å². The van der Waals surface area contributed by atoms with Gasteiger partial charge in [-0.25, -0.2) is 18.4 Å². The van der Waals surface area contributed by atoms with Gasteiger partial charge in [0, 0.05) is 23.7 Å². The Morgan fingerprint density at radius 3 is 2.23 bits per heavy atom. The van der Waals surface area contributed by atoms with E-state index < -0.39 is 5.92 Å². The van der Waals surface area contributed by atoms with Gasteiger partial charge >= 0.3 is 0 Å². The Kier molecular flexibility index (Phi) is 3.36. The third kappa shape index (κ3) is 2.81. The first-order valence-corrected chi connectivity index (χ1v) is 6.70. The minimum atomic E-state index is -2.85. The summed E-state index contributed by atoms with van der Waals surface area (Å²) in [5, 5.41) is 4.35. The minimum Gasteiger partial charge on any atom is -0.399 e. The topological polar surface area (TPSA) is 56.7 Å². The van der Waals surface area contributed by atoms with E-state index in [1.165, 1.54) is 12.1 Å². The first-order valence-electron chi connectivity index (χ1n) is 6.70. The van der Waals surface area contributed by atoms with Gasteiger partial charge in [-0.3, -0.25) is 0 Å². The van der Waals surface area contributed by atoms with Crippen molar-refractivity contribution in [3.05, 3.63) is 60.4 Å². The van der Waals surface area contributed by atoms with Gasteiger partial charge in [0.05, 0.1) is 5.69 Å². The van der Waals surface area contributed by atoms with Crippen LogP contribution in [-0.4, -0.2) is 14.8 Å². The molecular weight excluding hydrogens is 286 g/mol. The van der Waals surface area contributed by atoms with Gasteiger partial charge in [-0.05, 0) is 36.4 Å². The fourth-order valence-electron chi connectivity index (χ4n) is 2.06. The first kappa shape index (κ1) is 14.2. The Balaban J connectivity index is 1.89. The van der Waals surface area contributed by atoms with Gasteiger partial charge < -0.3 is 5.73 Å². The second-order valence-corrected chi connectivity index (χ2v) is 5.07. The Hall–Kier alpha value is -2.76. The van der Waals surface area contributed by atoms with Gasteiger partial charge in [0.1, 0.15) is 6.33 Å². The molecule has 0 unspecified atom stereocenters. The number of anilines is 1. The van der Waals surface area contributed by atoms with Gasteiger partial charge in [0.25, 0.3) is 5.92 Å². The molecule has 0 saturated heterocycles.